The third kappa shape index (κ3) is 3.46. The van der Waals surface area contributed by atoms with Crippen molar-refractivity contribution in [1.82, 2.24) is 30.5 Å². The Morgan fingerprint density at radius 1 is 1.22 bits per heavy atom. The standard InChI is InChI=1S/C18H20F2N6O/c1-2-11-3-5-12(6-4-11)17-22-18(27-24-17)14-15(16(19)20)26(25-23-14)13-7-9-21-10-8-13/h3-6,13,16,21H,2,7-10H2,1H3. The molecule has 0 atom stereocenters. The van der Waals surface area contributed by atoms with Crippen LogP contribution >= 0.6 is 0 Å². The quantitative estimate of drug-likeness (QED) is 0.737. The maximum Gasteiger partial charge on any atom is 0.282 e. The third-order valence-corrected chi connectivity index (χ3v) is 4.84. The van der Waals surface area contributed by atoms with E-state index >= 15 is 0 Å². The maximum absolute atomic E-state index is 13.8. The van der Waals surface area contributed by atoms with Gasteiger partial charge in [-0.3, -0.25) is 0 Å². The summed E-state index contributed by atoms with van der Waals surface area (Å²) >= 11 is 0. The zero-order valence-corrected chi connectivity index (χ0v) is 14.9. The minimum atomic E-state index is -2.73. The molecule has 0 amide bonds. The molecule has 4 rings (SSSR count). The molecule has 0 unspecified atom stereocenters. The molecule has 0 bridgehead atoms. The molecular formula is C18H20F2N6O. The fourth-order valence-corrected chi connectivity index (χ4v) is 3.30. The van der Waals surface area contributed by atoms with Gasteiger partial charge in [-0.15, -0.1) is 5.10 Å². The van der Waals surface area contributed by atoms with E-state index in [1.165, 1.54) is 10.2 Å². The van der Waals surface area contributed by atoms with Gasteiger partial charge < -0.3 is 9.84 Å². The molecule has 1 fully saturated rings. The zero-order chi connectivity index (χ0) is 18.8. The predicted molar refractivity (Wildman–Crippen MR) is 94.2 cm³/mol. The largest absolute Gasteiger partial charge is 0.332 e. The second-order valence-corrected chi connectivity index (χ2v) is 6.52. The van der Waals surface area contributed by atoms with Crippen LogP contribution in [0.15, 0.2) is 28.8 Å². The van der Waals surface area contributed by atoms with Crippen LogP contribution in [-0.2, 0) is 6.42 Å². The van der Waals surface area contributed by atoms with E-state index in [1.807, 2.05) is 24.3 Å². The summed E-state index contributed by atoms with van der Waals surface area (Å²) in [5, 5.41) is 15.0. The van der Waals surface area contributed by atoms with E-state index in [2.05, 4.69) is 32.7 Å². The Morgan fingerprint density at radius 2 is 1.96 bits per heavy atom. The number of rotatable bonds is 5. The maximum atomic E-state index is 13.8. The number of nitrogens with zero attached hydrogens (tertiary/aromatic N) is 5. The van der Waals surface area contributed by atoms with E-state index in [0.29, 0.717) is 5.82 Å². The number of nitrogens with one attached hydrogen (secondary N) is 1. The molecule has 1 saturated heterocycles. The van der Waals surface area contributed by atoms with Crippen LogP contribution in [0, 0.1) is 0 Å². The molecule has 3 aromatic rings. The molecule has 0 radical (unpaired) electrons. The molecule has 27 heavy (non-hydrogen) atoms. The number of alkyl halides is 2. The van der Waals surface area contributed by atoms with Gasteiger partial charge in [-0.1, -0.05) is 41.6 Å². The number of aryl methyl sites for hydroxylation is 1. The number of benzene rings is 1. The highest BCUT2D eigenvalue weighted by Gasteiger charge is 2.30. The molecule has 7 nitrogen and oxygen atoms in total. The monoisotopic (exact) mass is 374 g/mol. The molecule has 1 aromatic carbocycles. The van der Waals surface area contributed by atoms with Crippen molar-refractivity contribution in [2.24, 2.45) is 0 Å². The van der Waals surface area contributed by atoms with Crippen molar-refractivity contribution in [2.75, 3.05) is 13.1 Å². The van der Waals surface area contributed by atoms with Crippen LogP contribution in [0.2, 0.25) is 0 Å². The SMILES string of the molecule is CCc1ccc(-c2noc(-c3nnn(C4CCNCC4)c3C(F)F)n2)cc1. The minimum absolute atomic E-state index is 0.0416. The number of hydrogen-bond donors (Lipinski definition) is 1. The molecule has 1 aliphatic heterocycles. The van der Waals surface area contributed by atoms with Crippen molar-refractivity contribution in [3.63, 3.8) is 0 Å². The lowest BCUT2D eigenvalue weighted by Gasteiger charge is -2.23. The van der Waals surface area contributed by atoms with Gasteiger partial charge in [-0.05, 0) is 37.9 Å². The third-order valence-electron chi connectivity index (χ3n) is 4.84. The first-order valence-electron chi connectivity index (χ1n) is 9.04. The van der Waals surface area contributed by atoms with Crippen molar-refractivity contribution in [3.05, 3.63) is 35.5 Å². The van der Waals surface area contributed by atoms with Crippen LogP contribution in [0.1, 0.15) is 43.5 Å². The van der Waals surface area contributed by atoms with Gasteiger partial charge in [0.25, 0.3) is 12.3 Å². The molecular weight excluding hydrogens is 354 g/mol. The van der Waals surface area contributed by atoms with Gasteiger partial charge in [-0.2, -0.15) is 4.98 Å². The first-order chi connectivity index (χ1) is 13.2. The number of halogens is 2. The lowest BCUT2D eigenvalue weighted by Crippen LogP contribution is -2.30. The minimum Gasteiger partial charge on any atom is -0.332 e. The molecule has 2 aromatic heterocycles. The van der Waals surface area contributed by atoms with Gasteiger partial charge in [0, 0.05) is 5.56 Å². The van der Waals surface area contributed by atoms with E-state index in [1.54, 1.807) is 0 Å². The van der Waals surface area contributed by atoms with Gasteiger partial charge >= 0.3 is 0 Å². The fourth-order valence-electron chi connectivity index (χ4n) is 3.30. The van der Waals surface area contributed by atoms with Crippen molar-refractivity contribution in [2.45, 2.75) is 38.7 Å². The summed E-state index contributed by atoms with van der Waals surface area (Å²) < 4.78 is 34.1. The summed E-state index contributed by atoms with van der Waals surface area (Å²) in [6.45, 7) is 3.60. The topological polar surface area (TPSA) is 81.7 Å². The van der Waals surface area contributed by atoms with Crippen LogP contribution in [0.4, 0.5) is 8.78 Å². The molecule has 0 saturated carbocycles. The van der Waals surface area contributed by atoms with Gasteiger partial charge in [0.2, 0.25) is 5.82 Å². The number of aromatic nitrogens is 5. The summed E-state index contributed by atoms with van der Waals surface area (Å²) in [7, 11) is 0. The van der Waals surface area contributed by atoms with Crippen LogP contribution in [0.25, 0.3) is 23.0 Å². The Morgan fingerprint density at radius 3 is 2.63 bits per heavy atom. The lowest BCUT2D eigenvalue weighted by atomic mass is 10.1. The van der Waals surface area contributed by atoms with E-state index in [0.717, 1.165) is 37.9 Å². The molecule has 142 valence electrons. The lowest BCUT2D eigenvalue weighted by molar-refractivity contribution is 0.133. The molecule has 0 spiro atoms. The Bertz CT molecular complexity index is 899. The average molecular weight is 374 g/mol. The van der Waals surface area contributed by atoms with E-state index in [9.17, 15) is 8.78 Å². The Labute approximate surface area is 154 Å². The highest BCUT2D eigenvalue weighted by molar-refractivity contribution is 5.59. The molecule has 0 aliphatic carbocycles. The van der Waals surface area contributed by atoms with Crippen LogP contribution < -0.4 is 5.32 Å². The van der Waals surface area contributed by atoms with Gasteiger partial charge in [0.1, 0.15) is 5.69 Å². The smallest absolute Gasteiger partial charge is 0.282 e. The number of piperidine rings is 1. The van der Waals surface area contributed by atoms with E-state index in [4.69, 9.17) is 4.52 Å². The highest BCUT2D eigenvalue weighted by atomic mass is 19.3. The molecule has 1 aliphatic rings. The van der Waals surface area contributed by atoms with Crippen molar-refractivity contribution in [3.8, 4) is 23.0 Å². The summed E-state index contributed by atoms with van der Waals surface area (Å²) in [6.07, 6.45) is -0.359. The van der Waals surface area contributed by atoms with Crippen molar-refractivity contribution >= 4 is 0 Å². The second-order valence-electron chi connectivity index (χ2n) is 6.52. The zero-order valence-electron chi connectivity index (χ0n) is 14.9. The fraction of sp³-hybridized carbons (Fsp3) is 0.444. The van der Waals surface area contributed by atoms with Gasteiger partial charge in [-0.25, -0.2) is 13.5 Å². The predicted octanol–water partition coefficient (Wildman–Crippen LogP) is 3.42. The highest BCUT2D eigenvalue weighted by Crippen LogP contribution is 2.33. The first kappa shape index (κ1) is 17.7. The summed E-state index contributed by atoms with van der Waals surface area (Å²) in [5.74, 6) is 0.296. The number of hydrogen-bond acceptors (Lipinski definition) is 6. The normalized spacial score (nSPS) is 15.6. The Kier molecular flexibility index (Phi) is 4.93. The summed E-state index contributed by atoms with van der Waals surface area (Å²) in [6, 6.07) is 7.61. The molecule has 9 heteroatoms. The van der Waals surface area contributed by atoms with Gasteiger partial charge in [0.15, 0.2) is 5.69 Å². The van der Waals surface area contributed by atoms with Gasteiger partial charge in [0.05, 0.1) is 6.04 Å². The van der Waals surface area contributed by atoms with Crippen LogP contribution in [0.5, 0.6) is 0 Å². The average Bonchev–Trinajstić information content (AvgIpc) is 3.36. The second kappa shape index (κ2) is 7.51. The van der Waals surface area contributed by atoms with E-state index in [-0.39, 0.29) is 23.3 Å². The van der Waals surface area contributed by atoms with Crippen LogP contribution in [0.3, 0.4) is 0 Å². The molecule has 3 heterocycles. The van der Waals surface area contributed by atoms with Crippen molar-refractivity contribution < 1.29 is 13.3 Å². The van der Waals surface area contributed by atoms with Crippen molar-refractivity contribution in [1.29, 1.82) is 0 Å². The Hall–Kier alpha value is -2.68. The summed E-state index contributed by atoms with van der Waals surface area (Å²) in [4.78, 5) is 4.27. The first-order valence-corrected chi connectivity index (χ1v) is 9.04. The Balaban J connectivity index is 1.67. The van der Waals surface area contributed by atoms with Crippen LogP contribution in [-0.4, -0.2) is 38.2 Å². The molecule has 1 N–H and O–H groups in total. The summed E-state index contributed by atoms with van der Waals surface area (Å²) in [5.41, 5.74) is 1.63. The van der Waals surface area contributed by atoms with E-state index < -0.39 is 6.43 Å².